The average molecular weight is 243 g/mol. The van der Waals surface area contributed by atoms with E-state index in [0.717, 1.165) is 15.8 Å². The molecule has 1 atom stereocenters. The normalized spacial score (nSPS) is 23.8. The predicted molar refractivity (Wildman–Crippen MR) is 53.8 cm³/mol. The molecule has 13 heavy (non-hydrogen) atoms. The van der Waals surface area contributed by atoms with Crippen LogP contribution >= 0.6 is 15.9 Å². The van der Waals surface area contributed by atoms with Crippen molar-refractivity contribution in [2.75, 3.05) is 0 Å². The lowest BCUT2D eigenvalue weighted by Gasteiger charge is -2.21. The van der Waals surface area contributed by atoms with Crippen molar-refractivity contribution < 1.29 is 9.84 Å². The molecule has 0 fully saturated rings. The third-order valence-electron chi connectivity index (χ3n) is 2.30. The van der Waals surface area contributed by atoms with Crippen LogP contribution in [0.4, 0.5) is 0 Å². The minimum absolute atomic E-state index is 0.511. The SMILES string of the molecule is CC1(C)Oc2ccc(Br)cc2C1O. The van der Waals surface area contributed by atoms with Crippen LogP contribution in [0.5, 0.6) is 5.75 Å². The van der Waals surface area contributed by atoms with Crippen molar-refractivity contribution in [1.82, 2.24) is 0 Å². The molecule has 3 heteroatoms. The molecular formula is C10H11BrO2. The molecule has 2 nitrogen and oxygen atoms in total. The van der Waals surface area contributed by atoms with E-state index < -0.39 is 11.7 Å². The molecule has 0 aliphatic carbocycles. The van der Waals surface area contributed by atoms with Crippen LogP contribution in [0.3, 0.4) is 0 Å². The number of aliphatic hydroxyl groups is 1. The molecule has 1 aliphatic heterocycles. The van der Waals surface area contributed by atoms with Gasteiger partial charge in [-0.15, -0.1) is 0 Å². The van der Waals surface area contributed by atoms with Crippen molar-refractivity contribution >= 4 is 15.9 Å². The Morgan fingerprint density at radius 3 is 2.85 bits per heavy atom. The van der Waals surface area contributed by atoms with E-state index in [4.69, 9.17) is 4.74 Å². The van der Waals surface area contributed by atoms with Gasteiger partial charge in [-0.1, -0.05) is 15.9 Å². The highest BCUT2D eigenvalue weighted by Gasteiger charge is 2.39. The molecule has 1 unspecified atom stereocenters. The Bertz CT molecular complexity index is 347. The number of ether oxygens (including phenoxy) is 1. The van der Waals surface area contributed by atoms with Crippen LogP contribution in [0.25, 0.3) is 0 Å². The third kappa shape index (κ3) is 1.36. The van der Waals surface area contributed by atoms with Crippen LogP contribution in [0, 0.1) is 0 Å². The van der Waals surface area contributed by atoms with Gasteiger partial charge in [0.1, 0.15) is 17.5 Å². The predicted octanol–water partition coefficient (Wildman–Crippen LogP) is 2.65. The highest BCUT2D eigenvalue weighted by molar-refractivity contribution is 9.10. The van der Waals surface area contributed by atoms with E-state index in [0.29, 0.717) is 0 Å². The molecule has 1 aromatic carbocycles. The summed E-state index contributed by atoms with van der Waals surface area (Å²) in [5.74, 6) is 0.778. The summed E-state index contributed by atoms with van der Waals surface area (Å²) in [4.78, 5) is 0. The van der Waals surface area contributed by atoms with Crippen molar-refractivity contribution in [3.05, 3.63) is 28.2 Å². The fourth-order valence-electron chi connectivity index (χ4n) is 1.54. The standard InChI is InChI=1S/C10H11BrO2/c1-10(2)9(12)7-5-6(11)3-4-8(7)13-10/h3-5,9,12H,1-2H3. The summed E-state index contributed by atoms with van der Waals surface area (Å²) in [6.45, 7) is 3.76. The van der Waals surface area contributed by atoms with Crippen molar-refractivity contribution in [1.29, 1.82) is 0 Å². The highest BCUT2D eigenvalue weighted by Crippen LogP contribution is 2.43. The van der Waals surface area contributed by atoms with Gasteiger partial charge < -0.3 is 9.84 Å². The number of halogens is 1. The lowest BCUT2D eigenvalue weighted by Crippen LogP contribution is -2.29. The van der Waals surface area contributed by atoms with Crippen LogP contribution in [0.2, 0.25) is 0 Å². The minimum atomic E-state index is -0.542. The summed E-state index contributed by atoms with van der Waals surface area (Å²) < 4.78 is 6.56. The maximum Gasteiger partial charge on any atom is 0.133 e. The molecule has 1 aliphatic rings. The maximum atomic E-state index is 9.89. The summed E-state index contributed by atoms with van der Waals surface area (Å²) >= 11 is 3.36. The lowest BCUT2D eigenvalue weighted by molar-refractivity contribution is 0.000549. The van der Waals surface area contributed by atoms with Crippen LogP contribution in [-0.4, -0.2) is 10.7 Å². The molecule has 70 valence electrons. The zero-order chi connectivity index (χ0) is 9.64. The molecule has 1 aromatic rings. The summed E-state index contributed by atoms with van der Waals surface area (Å²) in [6, 6.07) is 5.68. The lowest BCUT2D eigenvalue weighted by atomic mass is 9.98. The second kappa shape index (κ2) is 2.72. The van der Waals surface area contributed by atoms with Gasteiger partial charge in [0, 0.05) is 10.0 Å². The van der Waals surface area contributed by atoms with E-state index in [1.807, 2.05) is 32.0 Å². The average Bonchev–Trinajstić information content (AvgIpc) is 2.26. The first-order valence-corrected chi connectivity index (χ1v) is 4.96. The van der Waals surface area contributed by atoms with Crippen LogP contribution < -0.4 is 4.74 Å². The van der Waals surface area contributed by atoms with Gasteiger partial charge in [0.25, 0.3) is 0 Å². The Kier molecular flexibility index (Phi) is 1.89. The third-order valence-corrected chi connectivity index (χ3v) is 2.79. The quantitative estimate of drug-likeness (QED) is 0.759. The van der Waals surface area contributed by atoms with Crippen molar-refractivity contribution in [3.63, 3.8) is 0 Å². The molecule has 2 rings (SSSR count). The Morgan fingerprint density at radius 2 is 2.15 bits per heavy atom. The van der Waals surface area contributed by atoms with Crippen LogP contribution in [0.1, 0.15) is 25.5 Å². The molecule has 0 radical (unpaired) electrons. The smallest absolute Gasteiger partial charge is 0.133 e. The van der Waals surface area contributed by atoms with Crippen molar-refractivity contribution in [2.24, 2.45) is 0 Å². The molecule has 1 heterocycles. The van der Waals surface area contributed by atoms with Crippen LogP contribution in [-0.2, 0) is 0 Å². The molecule has 0 bridgehead atoms. The highest BCUT2D eigenvalue weighted by atomic mass is 79.9. The number of benzene rings is 1. The Labute approximate surface area is 85.7 Å². The van der Waals surface area contributed by atoms with Crippen molar-refractivity contribution in [2.45, 2.75) is 25.6 Å². The molecule has 1 N–H and O–H groups in total. The Hall–Kier alpha value is -0.540. The monoisotopic (exact) mass is 242 g/mol. The first kappa shape index (κ1) is 9.03. The topological polar surface area (TPSA) is 29.5 Å². The van der Waals surface area contributed by atoms with Gasteiger partial charge in [0.2, 0.25) is 0 Å². The minimum Gasteiger partial charge on any atom is -0.484 e. The number of hydrogen-bond acceptors (Lipinski definition) is 2. The van der Waals surface area contributed by atoms with E-state index in [9.17, 15) is 5.11 Å². The summed E-state index contributed by atoms with van der Waals surface area (Å²) in [5.41, 5.74) is 0.350. The Morgan fingerprint density at radius 1 is 1.46 bits per heavy atom. The fraction of sp³-hybridized carbons (Fsp3) is 0.400. The van der Waals surface area contributed by atoms with E-state index in [2.05, 4.69) is 15.9 Å². The molecule has 0 saturated heterocycles. The maximum absolute atomic E-state index is 9.89. The van der Waals surface area contributed by atoms with Gasteiger partial charge in [-0.3, -0.25) is 0 Å². The summed E-state index contributed by atoms with van der Waals surface area (Å²) in [5, 5.41) is 9.89. The molecule has 0 saturated carbocycles. The molecular weight excluding hydrogens is 232 g/mol. The van der Waals surface area contributed by atoms with E-state index >= 15 is 0 Å². The number of rotatable bonds is 0. The largest absolute Gasteiger partial charge is 0.484 e. The van der Waals surface area contributed by atoms with Crippen molar-refractivity contribution in [3.8, 4) is 5.75 Å². The van der Waals surface area contributed by atoms with Gasteiger partial charge in [0.05, 0.1) is 0 Å². The number of fused-ring (bicyclic) bond motifs is 1. The molecule has 0 aromatic heterocycles. The molecule has 0 spiro atoms. The first-order valence-electron chi connectivity index (χ1n) is 4.17. The summed E-state index contributed by atoms with van der Waals surface area (Å²) in [7, 11) is 0. The van der Waals surface area contributed by atoms with E-state index in [1.165, 1.54) is 0 Å². The van der Waals surface area contributed by atoms with Crippen LogP contribution in [0.15, 0.2) is 22.7 Å². The number of hydrogen-bond donors (Lipinski definition) is 1. The van der Waals surface area contributed by atoms with Gasteiger partial charge in [-0.05, 0) is 32.0 Å². The zero-order valence-corrected chi connectivity index (χ0v) is 9.13. The first-order chi connectivity index (χ1) is 6.00. The fourth-order valence-corrected chi connectivity index (χ4v) is 1.92. The van der Waals surface area contributed by atoms with Gasteiger partial charge in [-0.25, -0.2) is 0 Å². The molecule has 0 amide bonds. The van der Waals surface area contributed by atoms with Gasteiger partial charge in [0.15, 0.2) is 0 Å². The zero-order valence-electron chi connectivity index (χ0n) is 7.54. The van der Waals surface area contributed by atoms with Gasteiger partial charge >= 0.3 is 0 Å². The second-order valence-electron chi connectivity index (χ2n) is 3.79. The Balaban J connectivity index is 2.51. The van der Waals surface area contributed by atoms with E-state index in [1.54, 1.807) is 0 Å². The van der Waals surface area contributed by atoms with E-state index in [-0.39, 0.29) is 0 Å². The van der Waals surface area contributed by atoms with Gasteiger partial charge in [-0.2, -0.15) is 0 Å². The summed E-state index contributed by atoms with van der Waals surface area (Å²) in [6.07, 6.45) is -0.542. The number of aliphatic hydroxyl groups excluding tert-OH is 1. The second-order valence-corrected chi connectivity index (χ2v) is 4.71.